The predicted octanol–water partition coefficient (Wildman–Crippen LogP) is 1.66. The fourth-order valence-corrected chi connectivity index (χ4v) is 2.36. The molecule has 102 valence electrons. The van der Waals surface area contributed by atoms with Crippen LogP contribution in [0.25, 0.3) is 0 Å². The second-order valence-electron chi connectivity index (χ2n) is 4.61. The topological polar surface area (TPSA) is 49.4 Å². The molecular formula is C14H17FN2O2. The Morgan fingerprint density at radius 3 is 2.74 bits per heavy atom. The second kappa shape index (κ2) is 5.48. The number of amides is 1. The number of nitrogens with zero attached hydrogens (tertiary/aromatic N) is 1. The lowest BCUT2D eigenvalue weighted by molar-refractivity contribution is -0.114. The summed E-state index contributed by atoms with van der Waals surface area (Å²) in [7, 11) is 0. The molecule has 0 saturated heterocycles. The van der Waals surface area contributed by atoms with Gasteiger partial charge in [0.2, 0.25) is 0 Å². The SMILES string of the molecule is CCNCCCN1C(=O)C(=O)c2cc(F)cc(C)c21. The van der Waals surface area contributed by atoms with Crippen LogP contribution < -0.4 is 10.2 Å². The molecule has 1 N–H and O–H groups in total. The van der Waals surface area contributed by atoms with E-state index in [0.717, 1.165) is 25.6 Å². The number of carbonyl (C=O) groups is 2. The van der Waals surface area contributed by atoms with Crippen LogP contribution in [0.15, 0.2) is 12.1 Å². The zero-order chi connectivity index (χ0) is 14.0. The first-order chi connectivity index (χ1) is 9.06. The Morgan fingerprint density at radius 1 is 1.32 bits per heavy atom. The van der Waals surface area contributed by atoms with E-state index in [1.807, 2.05) is 6.92 Å². The molecule has 0 radical (unpaired) electrons. The molecule has 1 aromatic carbocycles. The zero-order valence-corrected chi connectivity index (χ0v) is 11.1. The molecule has 5 heteroatoms. The summed E-state index contributed by atoms with van der Waals surface area (Å²) >= 11 is 0. The van der Waals surface area contributed by atoms with Crippen LogP contribution in [0.1, 0.15) is 29.3 Å². The molecule has 2 rings (SSSR count). The first kappa shape index (κ1) is 13.7. The maximum Gasteiger partial charge on any atom is 0.299 e. The van der Waals surface area contributed by atoms with E-state index in [1.54, 1.807) is 6.92 Å². The van der Waals surface area contributed by atoms with Gasteiger partial charge in [-0.3, -0.25) is 9.59 Å². The van der Waals surface area contributed by atoms with Crippen LogP contribution in [0, 0.1) is 12.7 Å². The van der Waals surface area contributed by atoms with Crippen molar-refractivity contribution in [3.05, 3.63) is 29.1 Å². The van der Waals surface area contributed by atoms with Crippen LogP contribution in [0.3, 0.4) is 0 Å². The Bertz CT molecular complexity index is 528. The predicted molar refractivity (Wildman–Crippen MR) is 71.0 cm³/mol. The Labute approximate surface area is 111 Å². The minimum atomic E-state index is -0.610. The molecule has 0 saturated carbocycles. The van der Waals surface area contributed by atoms with Gasteiger partial charge in [0, 0.05) is 6.54 Å². The van der Waals surface area contributed by atoms with Gasteiger partial charge >= 0.3 is 0 Å². The quantitative estimate of drug-likeness (QED) is 0.650. The summed E-state index contributed by atoms with van der Waals surface area (Å²) < 4.78 is 13.3. The maximum absolute atomic E-state index is 13.3. The molecule has 4 nitrogen and oxygen atoms in total. The number of anilines is 1. The van der Waals surface area contributed by atoms with Crippen LogP contribution in [-0.2, 0) is 4.79 Å². The van der Waals surface area contributed by atoms with Gasteiger partial charge in [-0.05, 0) is 44.1 Å². The first-order valence-corrected chi connectivity index (χ1v) is 6.43. The lowest BCUT2D eigenvalue weighted by Crippen LogP contribution is -2.32. The number of hydrogen-bond donors (Lipinski definition) is 1. The lowest BCUT2D eigenvalue weighted by atomic mass is 10.1. The number of benzene rings is 1. The Kier molecular flexibility index (Phi) is 3.95. The summed E-state index contributed by atoms with van der Waals surface area (Å²) in [4.78, 5) is 25.2. The van der Waals surface area contributed by atoms with Gasteiger partial charge in [0.1, 0.15) is 5.82 Å². The van der Waals surface area contributed by atoms with E-state index in [-0.39, 0.29) is 5.56 Å². The van der Waals surface area contributed by atoms with Gasteiger partial charge in [-0.15, -0.1) is 0 Å². The fraction of sp³-hybridized carbons (Fsp3) is 0.429. The van der Waals surface area contributed by atoms with Crippen molar-refractivity contribution < 1.29 is 14.0 Å². The molecule has 1 aromatic rings. The standard InChI is InChI=1S/C14H17FN2O2/c1-3-16-5-4-6-17-12-9(2)7-10(15)8-11(12)13(18)14(17)19/h7-8,16H,3-6H2,1-2H3. The minimum Gasteiger partial charge on any atom is -0.317 e. The average Bonchev–Trinajstić information content (AvgIpc) is 2.60. The van der Waals surface area contributed by atoms with Gasteiger partial charge in [-0.1, -0.05) is 6.92 Å². The molecule has 0 spiro atoms. The maximum atomic E-state index is 13.3. The monoisotopic (exact) mass is 264 g/mol. The van der Waals surface area contributed by atoms with Crippen LogP contribution in [0.5, 0.6) is 0 Å². The number of ketones is 1. The van der Waals surface area contributed by atoms with Crippen LogP contribution in [0.4, 0.5) is 10.1 Å². The molecule has 1 heterocycles. The molecular weight excluding hydrogens is 247 g/mol. The number of halogens is 1. The number of Topliss-reactive ketones (excluding diaryl/α,β-unsaturated/α-hetero) is 1. The normalized spacial score (nSPS) is 14.2. The van der Waals surface area contributed by atoms with Crippen molar-refractivity contribution in [3.8, 4) is 0 Å². The molecule has 0 aliphatic carbocycles. The van der Waals surface area contributed by atoms with Crippen LogP contribution in [-0.4, -0.2) is 31.3 Å². The summed E-state index contributed by atoms with van der Waals surface area (Å²) in [5.41, 5.74) is 1.37. The zero-order valence-electron chi connectivity index (χ0n) is 11.1. The van der Waals surface area contributed by atoms with Crippen LogP contribution >= 0.6 is 0 Å². The molecule has 0 bridgehead atoms. The highest BCUT2D eigenvalue weighted by molar-refractivity contribution is 6.52. The minimum absolute atomic E-state index is 0.186. The van der Waals surface area contributed by atoms with Crippen molar-refractivity contribution in [3.63, 3.8) is 0 Å². The van der Waals surface area contributed by atoms with E-state index < -0.39 is 17.5 Å². The number of carbonyl (C=O) groups excluding carboxylic acids is 2. The Morgan fingerprint density at radius 2 is 2.05 bits per heavy atom. The van der Waals surface area contributed by atoms with Crippen molar-refractivity contribution in [2.45, 2.75) is 20.3 Å². The molecule has 1 aliphatic rings. The second-order valence-corrected chi connectivity index (χ2v) is 4.61. The molecule has 0 atom stereocenters. The van der Waals surface area contributed by atoms with Crippen molar-refractivity contribution in [1.29, 1.82) is 0 Å². The number of aryl methyl sites for hydroxylation is 1. The number of hydrogen-bond acceptors (Lipinski definition) is 3. The van der Waals surface area contributed by atoms with Gasteiger partial charge in [-0.2, -0.15) is 0 Å². The highest BCUT2D eigenvalue weighted by atomic mass is 19.1. The van der Waals surface area contributed by atoms with Crippen molar-refractivity contribution in [2.75, 3.05) is 24.5 Å². The highest BCUT2D eigenvalue weighted by Crippen LogP contribution is 2.33. The van der Waals surface area contributed by atoms with Crippen LogP contribution in [0.2, 0.25) is 0 Å². The van der Waals surface area contributed by atoms with Crippen molar-refractivity contribution in [1.82, 2.24) is 5.32 Å². The third kappa shape index (κ3) is 2.51. The fourth-order valence-electron chi connectivity index (χ4n) is 2.36. The summed E-state index contributed by atoms with van der Waals surface area (Å²) in [6.45, 7) is 5.84. The van der Waals surface area contributed by atoms with E-state index >= 15 is 0 Å². The third-order valence-corrected chi connectivity index (χ3v) is 3.20. The van der Waals surface area contributed by atoms with Gasteiger partial charge in [0.25, 0.3) is 11.7 Å². The van der Waals surface area contributed by atoms with Crippen molar-refractivity contribution >= 4 is 17.4 Å². The van der Waals surface area contributed by atoms with Gasteiger partial charge < -0.3 is 10.2 Å². The molecule has 1 amide bonds. The third-order valence-electron chi connectivity index (χ3n) is 3.20. The summed E-state index contributed by atoms with van der Waals surface area (Å²) in [5, 5.41) is 3.16. The van der Waals surface area contributed by atoms with Gasteiger partial charge in [0.05, 0.1) is 11.3 Å². The summed E-state index contributed by atoms with van der Waals surface area (Å²) in [5.74, 6) is -1.65. The van der Waals surface area contributed by atoms with Crippen molar-refractivity contribution in [2.24, 2.45) is 0 Å². The van der Waals surface area contributed by atoms with E-state index in [4.69, 9.17) is 0 Å². The average molecular weight is 264 g/mol. The molecule has 0 unspecified atom stereocenters. The van der Waals surface area contributed by atoms with E-state index in [0.29, 0.717) is 17.8 Å². The summed E-state index contributed by atoms with van der Waals surface area (Å²) in [6, 6.07) is 2.49. The Balaban J connectivity index is 2.23. The summed E-state index contributed by atoms with van der Waals surface area (Å²) in [6.07, 6.45) is 0.753. The largest absolute Gasteiger partial charge is 0.317 e. The molecule has 19 heavy (non-hydrogen) atoms. The van der Waals surface area contributed by atoms with E-state index in [9.17, 15) is 14.0 Å². The van der Waals surface area contributed by atoms with Gasteiger partial charge in [-0.25, -0.2) is 4.39 Å². The number of rotatable bonds is 5. The Hall–Kier alpha value is -1.75. The van der Waals surface area contributed by atoms with Gasteiger partial charge in [0.15, 0.2) is 0 Å². The highest BCUT2D eigenvalue weighted by Gasteiger charge is 2.36. The lowest BCUT2D eigenvalue weighted by Gasteiger charge is -2.18. The van der Waals surface area contributed by atoms with E-state index in [1.165, 1.54) is 11.0 Å². The molecule has 1 aliphatic heterocycles. The number of nitrogens with one attached hydrogen (secondary N) is 1. The number of fused-ring (bicyclic) bond motifs is 1. The molecule has 0 aromatic heterocycles. The first-order valence-electron chi connectivity index (χ1n) is 6.43. The van der Waals surface area contributed by atoms with E-state index in [2.05, 4.69) is 5.32 Å². The smallest absolute Gasteiger partial charge is 0.299 e. The molecule has 0 fully saturated rings.